The van der Waals surface area contributed by atoms with E-state index < -0.39 is 5.97 Å². The number of carboxylic acids is 1. The minimum Gasteiger partial charge on any atom is -0.481 e. The Morgan fingerprint density at radius 3 is 2.52 bits per heavy atom. The molecule has 4 aliphatic rings. The van der Waals surface area contributed by atoms with Crippen LogP contribution in [0.5, 0.6) is 0 Å². The molecule has 4 rings (SSSR count). The Balaban J connectivity index is 1.37. The molecule has 8 atom stereocenters. The molecular formula is C25H43N3O5. The maximum Gasteiger partial charge on any atom is 0.407 e. The molecule has 4 fully saturated rings. The van der Waals surface area contributed by atoms with E-state index in [2.05, 4.69) is 24.5 Å². The molecular weight excluding hydrogens is 422 g/mol. The second-order valence-corrected chi connectivity index (χ2v) is 11.6. The van der Waals surface area contributed by atoms with Gasteiger partial charge in [0.2, 0.25) is 0 Å². The van der Waals surface area contributed by atoms with Crippen molar-refractivity contribution in [2.75, 3.05) is 26.2 Å². The molecule has 8 nitrogen and oxygen atoms in total. The summed E-state index contributed by atoms with van der Waals surface area (Å²) in [4.78, 5) is 24.2. The van der Waals surface area contributed by atoms with Gasteiger partial charge in [0, 0.05) is 25.2 Å². The maximum atomic E-state index is 12.2. The molecule has 3 unspecified atom stereocenters. The van der Waals surface area contributed by atoms with Crippen molar-refractivity contribution in [3.63, 3.8) is 0 Å². The van der Waals surface area contributed by atoms with Gasteiger partial charge in [-0.05, 0) is 86.4 Å². The molecule has 4 aliphatic carbocycles. The zero-order valence-electron chi connectivity index (χ0n) is 20.3. The summed E-state index contributed by atoms with van der Waals surface area (Å²) in [5.74, 6) is 0.420. The van der Waals surface area contributed by atoms with Crippen LogP contribution in [-0.4, -0.2) is 60.2 Å². The van der Waals surface area contributed by atoms with E-state index in [1.54, 1.807) is 0 Å². The van der Waals surface area contributed by atoms with E-state index in [9.17, 15) is 14.7 Å². The van der Waals surface area contributed by atoms with Gasteiger partial charge in [0.1, 0.15) is 6.10 Å². The summed E-state index contributed by atoms with van der Waals surface area (Å²) in [6, 6.07) is 0. The molecule has 0 bridgehead atoms. The molecule has 33 heavy (non-hydrogen) atoms. The third-order valence-electron chi connectivity index (χ3n) is 10.4. The second kappa shape index (κ2) is 9.34. The number of hydrogen-bond donors (Lipinski definition) is 5. The lowest BCUT2D eigenvalue weighted by atomic mass is 9.42. The summed E-state index contributed by atoms with van der Waals surface area (Å²) in [6.07, 6.45) is 8.02. The van der Waals surface area contributed by atoms with Gasteiger partial charge in [-0.1, -0.05) is 13.8 Å². The van der Waals surface area contributed by atoms with E-state index in [-0.39, 0.29) is 41.1 Å². The van der Waals surface area contributed by atoms with Crippen LogP contribution < -0.4 is 16.4 Å². The van der Waals surface area contributed by atoms with Crippen LogP contribution in [0.4, 0.5) is 4.79 Å². The van der Waals surface area contributed by atoms with Gasteiger partial charge in [-0.2, -0.15) is 0 Å². The number of amides is 1. The van der Waals surface area contributed by atoms with Crippen molar-refractivity contribution in [2.24, 2.45) is 40.2 Å². The number of nitrogens with one attached hydrogen (secondary N) is 2. The van der Waals surface area contributed by atoms with Crippen LogP contribution in [0.1, 0.15) is 71.6 Å². The van der Waals surface area contributed by atoms with Gasteiger partial charge < -0.3 is 31.3 Å². The Morgan fingerprint density at radius 2 is 1.79 bits per heavy atom. The van der Waals surface area contributed by atoms with Crippen molar-refractivity contribution in [3.8, 4) is 0 Å². The molecule has 0 aromatic heterocycles. The number of aliphatic hydroxyl groups is 1. The van der Waals surface area contributed by atoms with Gasteiger partial charge in [-0.25, -0.2) is 4.79 Å². The number of alkyl carbamates (subject to hydrolysis) is 1. The molecule has 0 heterocycles. The fraction of sp³-hybridized carbons (Fsp3) is 0.920. The molecule has 0 spiro atoms. The largest absolute Gasteiger partial charge is 0.481 e. The quantitative estimate of drug-likeness (QED) is 0.365. The number of fused-ring (bicyclic) bond motifs is 5. The first-order valence-electron chi connectivity index (χ1n) is 12.9. The lowest BCUT2D eigenvalue weighted by Gasteiger charge is -2.64. The fourth-order valence-electron chi connectivity index (χ4n) is 8.44. The van der Waals surface area contributed by atoms with Crippen molar-refractivity contribution in [2.45, 2.75) is 83.3 Å². The number of carboxylic acid groups (broad SMARTS) is 1. The monoisotopic (exact) mass is 465 g/mol. The zero-order chi connectivity index (χ0) is 23.9. The first-order chi connectivity index (χ1) is 15.7. The highest BCUT2D eigenvalue weighted by atomic mass is 16.6. The topological polar surface area (TPSA) is 134 Å². The molecule has 188 valence electrons. The molecule has 0 saturated heterocycles. The fourth-order valence-corrected chi connectivity index (χ4v) is 8.44. The number of ether oxygens (including phenoxy) is 1. The van der Waals surface area contributed by atoms with E-state index in [1.165, 1.54) is 0 Å². The van der Waals surface area contributed by atoms with Gasteiger partial charge in [0.05, 0.1) is 12.5 Å². The van der Waals surface area contributed by atoms with Crippen LogP contribution in [0, 0.1) is 34.5 Å². The third-order valence-corrected chi connectivity index (χ3v) is 10.4. The van der Waals surface area contributed by atoms with Crippen molar-refractivity contribution < 1.29 is 24.5 Å². The van der Waals surface area contributed by atoms with Gasteiger partial charge in [-0.3, -0.25) is 4.79 Å². The number of carbonyl (C=O) groups excluding carboxylic acids is 1. The lowest BCUT2D eigenvalue weighted by molar-refractivity contribution is -0.157. The van der Waals surface area contributed by atoms with E-state index in [0.717, 1.165) is 51.4 Å². The Hall–Kier alpha value is -1.38. The number of hydrogen-bond acceptors (Lipinski definition) is 6. The smallest absolute Gasteiger partial charge is 0.407 e. The first-order valence-corrected chi connectivity index (χ1v) is 12.9. The van der Waals surface area contributed by atoms with Crippen LogP contribution in [-0.2, 0) is 9.53 Å². The summed E-state index contributed by atoms with van der Waals surface area (Å²) in [5.41, 5.74) is 6.66. The minimum atomic E-state index is -0.678. The predicted molar refractivity (Wildman–Crippen MR) is 125 cm³/mol. The van der Waals surface area contributed by atoms with Crippen LogP contribution in [0.3, 0.4) is 0 Å². The molecule has 0 aliphatic heterocycles. The highest BCUT2D eigenvalue weighted by Crippen LogP contribution is 2.68. The maximum absolute atomic E-state index is 12.2. The van der Waals surface area contributed by atoms with Gasteiger partial charge >= 0.3 is 12.1 Å². The summed E-state index contributed by atoms with van der Waals surface area (Å²) in [6.45, 7) is 6.25. The van der Waals surface area contributed by atoms with Crippen molar-refractivity contribution in [1.82, 2.24) is 10.6 Å². The Bertz CT molecular complexity index is 750. The summed E-state index contributed by atoms with van der Waals surface area (Å²) in [5, 5.41) is 24.4. The minimum absolute atomic E-state index is 0.0476. The molecule has 0 aromatic carbocycles. The summed E-state index contributed by atoms with van der Waals surface area (Å²) >= 11 is 0. The summed E-state index contributed by atoms with van der Waals surface area (Å²) in [7, 11) is 0. The number of rotatable bonds is 7. The normalized spacial score (nSPS) is 44.3. The van der Waals surface area contributed by atoms with Gasteiger partial charge in [-0.15, -0.1) is 0 Å². The second-order valence-electron chi connectivity index (χ2n) is 11.6. The lowest BCUT2D eigenvalue weighted by Crippen LogP contribution is -2.66. The number of aliphatic hydroxyl groups excluding tert-OH is 1. The van der Waals surface area contributed by atoms with Crippen molar-refractivity contribution >= 4 is 12.1 Å². The molecule has 0 aromatic rings. The standard InChI is InChI=1S/C25H43N3O5/c1-23-8-5-17(33-22(32)28-12-11-27-13-14-29)15-16(23)3-4-19-18(23)6-9-24(2)20(21(30)31)7-10-25(19,24)26/h16-20,27,29H,3-15,26H2,1-2H3,(H,28,32)(H,30,31)/t16?,17?,18-,19-,20?,23+,24-,25-/m1/s1. The molecule has 8 heteroatoms. The third kappa shape index (κ3) is 4.16. The van der Waals surface area contributed by atoms with E-state index in [1.807, 2.05) is 0 Å². The highest BCUT2D eigenvalue weighted by Gasteiger charge is 2.67. The van der Waals surface area contributed by atoms with E-state index >= 15 is 0 Å². The van der Waals surface area contributed by atoms with Crippen LogP contribution in [0.25, 0.3) is 0 Å². The van der Waals surface area contributed by atoms with Crippen LogP contribution >= 0.6 is 0 Å². The molecule has 1 amide bonds. The highest BCUT2D eigenvalue weighted by molar-refractivity contribution is 5.72. The SMILES string of the molecule is C[C@]12CCC(OC(=O)NCCNCCO)CC1CC[C@@H]1[C@H]2CC[C@]2(C)C(C(=O)O)CC[C@@]12N. The number of nitrogens with two attached hydrogens (primary N) is 1. The molecule has 6 N–H and O–H groups in total. The Labute approximate surface area is 197 Å². The summed E-state index contributed by atoms with van der Waals surface area (Å²) < 4.78 is 5.76. The van der Waals surface area contributed by atoms with Crippen molar-refractivity contribution in [1.29, 1.82) is 0 Å². The van der Waals surface area contributed by atoms with E-state index in [0.29, 0.717) is 43.8 Å². The number of aliphatic carboxylic acids is 1. The van der Waals surface area contributed by atoms with Crippen LogP contribution in [0.15, 0.2) is 0 Å². The zero-order valence-corrected chi connectivity index (χ0v) is 20.3. The average Bonchev–Trinajstić information content (AvgIpc) is 3.05. The molecule has 0 radical (unpaired) electrons. The van der Waals surface area contributed by atoms with Crippen molar-refractivity contribution in [3.05, 3.63) is 0 Å². The van der Waals surface area contributed by atoms with Gasteiger partial charge in [0.15, 0.2) is 0 Å². The van der Waals surface area contributed by atoms with E-state index in [4.69, 9.17) is 15.6 Å². The molecule has 4 saturated carbocycles. The predicted octanol–water partition coefficient (Wildman–Crippen LogP) is 2.49. The van der Waals surface area contributed by atoms with Crippen LogP contribution in [0.2, 0.25) is 0 Å². The average molecular weight is 466 g/mol. The van der Waals surface area contributed by atoms with Gasteiger partial charge in [0.25, 0.3) is 0 Å². The first kappa shape index (κ1) is 24.7. The Morgan fingerprint density at radius 1 is 1.00 bits per heavy atom. The number of carbonyl (C=O) groups is 2. The Kier molecular flexibility index (Phi) is 7.00.